The van der Waals surface area contributed by atoms with Crippen LogP contribution in [0.2, 0.25) is 0 Å². The first-order valence-corrected chi connectivity index (χ1v) is 10.6. The number of amides is 2. The van der Waals surface area contributed by atoms with Gasteiger partial charge in [0, 0.05) is 6.42 Å². The molecule has 1 heterocycles. The second-order valence-corrected chi connectivity index (χ2v) is 8.72. The molecule has 160 valence electrons. The summed E-state index contributed by atoms with van der Waals surface area (Å²) in [5.41, 5.74) is 0.926. The van der Waals surface area contributed by atoms with Crippen LogP contribution in [-0.2, 0) is 20.8 Å². The van der Waals surface area contributed by atoms with Crippen molar-refractivity contribution in [2.24, 2.45) is 17.8 Å². The third-order valence-corrected chi connectivity index (χ3v) is 5.94. The topological polar surface area (TPSA) is 86.7 Å². The Hall–Kier alpha value is -2.37. The van der Waals surface area contributed by atoms with E-state index in [0.717, 1.165) is 24.8 Å². The predicted molar refractivity (Wildman–Crippen MR) is 112 cm³/mol. The summed E-state index contributed by atoms with van der Waals surface area (Å²) in [6.45, 7) is 8.06. The zero-order chi connectivity index (χ0) is 21.6. The number of piperazine rings is 1. The molecule has 4 unspecified atom stereocenters. The molecule has 2 N–H and O–H groups in total. The van der Waals surface area contributed by atoms with E-state index in [1.807, 2.05) is 44.2 Å². The first-order chi connectivity index (χ1) is 13.7. The van der Waals surface area contributed by atoms with Gasteiger partial charge in [-0.05, 0) is 23.3 Å². The molecule has 1 aromatic carbocycles. The predicted octanol–water partition coefficient (Wildman–Crippen LogP) is 3.11. The molecule has 6 nitrogen and oxygen atoms in total. The molecule has 4 atom stereocenters. The van der Waals surface area contributed by atoms with E-state index in [1.54, 1.807) is 0 Å². The number of aliphatic carboxylic acids is 1. The number of carboxylic acids is 1. The number of hydrogen-bond donors (Lipinski definition) is 2. The monoisotopic (exact) mass is 402 g/mol. The summed E-state index contributed by atoms with van der Waals surface area (Å²) in [6, 6.07) is 7.70. The van der Waals surface area contributed by atoms with E-state index in [2.05, 4.69) is 19.2 Å². The second kappa shape index (κ2) is 10.4. The van der Waals surface area contributed by atoms with Crippen LogP contribution in [0.1, 0.15) is 52.5 Å². The molecule has 1 saturated heterocycles. The van der Waals surface area contributed by atoms with Gasteiger partial charge < -0.3 is 15.3 Å². The van der Waals surface area contributed by atoms with E-state index in [0.29, 0.717) is 12.3 Å². The number of rotatable bonds is 10. The molecule has 1 aliphatic heterocycles. The average molecular weight is 403 g/mol. The van der Waals surface area contributed by atoms with Crippen LogP contribution in [0.5, 0.6) is 0 Å². The van der Waals surface area contributed by atoms with E-state index in [-0.39, 0.29) is 30.2 Å². The summed E-state index contributed by atoms with van der Waals surface area (Å²) in [5, 5.41) is 12.6. The zero-order valence-electron chi connectivity index (χ0n) is 17.9. The lowest BCUT2D eigenvalue weighted by molar-refractivity contribution is -0.158. The quantitative estimate of drug-likeness (QED) is 0.630. The lowest BCUT2D eigenvalue weighted by Crippen LogP contribution is -2.64. The van der Waals surface area contributed by atoms with Gasteiger partial charge in [0.1, 0.15) is 18.6 Å². The van der Waals surface area contributed by atoms with E-state index in [4.69, 9.17) is 0 Å². The fourth-order valence-electron chi connectivity index (χ4n) is 4.02. The van der Waals surface area contributed by atoms with Crippen LogP contribution in [0.15, 0.2) is 30.3 Å². The molecular formula is C23H34N2O4. The number of nitrogens with zero attached hydrogens (tertiary/aromatic N) is 1. The van der Waals surface area contributed by atoms with E-state index in [1.165, 1.54) is 4.90 Å². The van der Waals surface area contributed by atoms with Crippen molar-refractivity contribution in [3.05, 3.63) is 35.9 Å². The first-order valence-electron chi connectivity index (χ1n) is 10.6. The Morgan fingerprint density at radius 2 is 1.79 bits per heavy atom. The summed E-state index contributed by atoms with van der Waals surface area (Å²) in [5.74, 6) is -1.17. The lowest BCUT2D eigenvalue weighted by Gasteiger charge is -2.40. The number of nitrogens with one attached hydrogen (secondary N) is 1. The van der Waals surface area contributed by atoms with Gasteiger partial charge in [-0.15, -0.1) is 0 Å². The summed E-state index contributed by atoms with van der Waals surface area (Å²) in [4.78, 5) is 38.8. The van der Waals surface area contributed by atoms with Gasteiger partial charge in [0.25, 0.3) is 0 Å². The van der Waals surface area contributed by atoms with Crippen LogP contribution >= 0.6 is 0 Å². The van der Waals surface area contributed by atoms with E-state index in [9.17, 15) is 19.5 Å². The minimum absolute atomic E-state index is 0.139. The van der Waals surface area contributed by atoms with Gasteiger partial charge in [-0.1, -0.05) is 77.3 Å². The first kappa shape index (κ1) is 22.9. The summed E-state index contributed by atoms with van der Waals surface area (Å²) in [6.07, 6.45) is 3.39. The van der Waals surface area contributed by atoms with E-state index < -0.39 is 18.1 Å². The largest absolute Gasteiger partial charge is 0.480 e. The standard InChI is InChI=1S/C23H34N2O4/c1-15(2)9-8-10-16(3)17(4)21(23(28)29)25-14-20(26)24-19(22(25)27)13-18-11-6-5-7-12-18/h5-7,11-12,15-17,19,21H,8-10,13-14H2,1-4H3,(H,24,26)(H,28,29). The van der Waals surface area contributed by atoms with Gasteiger partial charge >= 0.3 is 5.97 Å². The van der Waals surface area contributed by atoms with E-state index >= 15 is 0 Å². The third kappa shape index (κ3) is 6.31. The van der Waals surface area contributed by atoms with Crippen molar-refractivity contribution in [3.63, 3.8) is 0 Å². The lowest BCUT2D eigenvalue weighted by atomic mass is 9.83. The molecule has 0 saturated carbocycles. The van der Waals surface area contributed by atoms with Gasteiger partial charge in [0.05, 0.1) is 0 Å². The normalized spacial score (nSPS) is 20.3. The van der Waals surface area contributed by atoms with Crippen LogP contribution in [0, 0.1) is 17.8 Å². The molecule has 0 spiro atoms. The van der Waals surface area contributed by atoms with Crippen molar-refractivity contribution >= 4 is 17.8 Å². The van der Waals surface area contributed by atoms with Crippen molar-refractivity contribution in [2.75, 3.05) is 6.54 Å². The Balaban J connectivity index is 2.14. The summed E-state index contributed by atoms with van der Waals surface area (Å²) < 4.78 is 0. The van der Waals surface area contributed by atoms with Crippen molar-refractivity contribution in [3.8, 4) is 0 Å². The fraction of sp³-hybridized carbons (Fsp3) is 0.609. The van der Waals surface area contributed by atoms with Gasteiger partial charge in [-0.2, -0.15) is 0 Å². The van der Waals surface area contributed by atoms with Gasteiger partial charge in [-0.3, -0.25) is 9.59 Å². The molecule has 2 rings (SSSR count). The van der Waals surface area contributed by atoms with Crippen LogP contribution in [-0.4, -0.2) is 46.4 Å². The summed E-state index contributed by atoms with van der Waals surface area (Å²) >= 11 is 0. The Labute approximate surface area is 173 Å². The number of benzene rings is 1. The molecule has 0 aliphatic carbocycles. The maximum Gasteiger partial charge on any atom is 0.326 e. The zero-order valence-corrected chi connectivity index (χ0v) is 17.9. The Bertz CT molecular complexity index is 704. The smallest absolute Gasteiger partial charge is 0.326 e. The van der Waals surface area contributed by atoms with Gasteiger partial charge in [0.2, 0.25) is 11.8 Å². The molecule has 6 heteroatoms. The number of carbonyl (C=O) groups is 3. The highest BCUT2D eigenvalue weighted by molar-refractivity contribution is 5.97. The second-order valence-electron chi connectivity index (χ2n) is 8.72. The van der Waals surface area contributed by atoms with Crippen LogP contribution in [0.25, 0.3) is 0 Å². The summed E-state index contributed by atoms with van der Waals surface area (Å²) in [7, 11) is 0. The number of carbonyl (C=O) groups excluding carboxylic acids is 2. The SMILES string of the molecule is CC(C)CCCC(C)C(C)C(C(=O)O)N1CC(=O)NC(Cc2ccccc2)C1=O. The maximum atomic E-state index is 13.1. The van der Waals surface area contributed by atoms with Crippen molar-refractivity contribution < 1.29 is 19.5 Å². The van der Waals surface area contributed by atoms with Crippen molar-refractivity contribution in [1.82, 2.24) is 10.2 Å². The molecule has 1 fully saturated rings. The molecule has 2 amide bonds. The third-order valence-electron chi connectivity index (χ3n) is 5.94. The Morgan fingerprint density at radius 1 is 1.14 bits per heavy atom. The Kier molecular flexibility index (Phi) is 8.23. The van der Waals surface area contributed by atoms with Crippen LogP contribution < -0.4 is 5.32 Å². The highest BCUT2D eigenvalue weighted by atomic mass is 16.4. The molecular weight excluding hydrogens is 368 g/mol. The van der Waals surface area contributed by atoms with Gasteiger partial charge in [0.15, 0.2) is 0 Å². The van der Waals surface area contributed by atoms with Gasteiger partial charge in [-0.25, -0.2) is 4.79 Å². The van der Waals surface area contributed by atoms with Crippen molar-refractivity contribution in [2.45, 2.75) is 65.5 Å². The molecule has 0 aromatic heterocycles. The minimum Gasteiger partial charge on any atom is -0.480 e. The van der Waals surface area contributed by atoms with Crippen molar-refractivity contribution in [1.29, 1.82) is 0 Å². The maximum absolute atomic E-state index is 13.1. The van der Waals surface area contributed by atoms with Crippen LogP contribution in [0.4, 0.5) is 0 Å². The van der Waals surface area contributed by atoms with Crippen LogP contribution in [0.3, 0.4) is 0 Å². The number of carboxylic acid groups (broad SMARTS) is 1. The molecule has 1 aliphatic rings. The average Bonchev–Trinajstić information content (AvgIpc) is 2.65. The Morgan fingerprint density at radius 3 is 2.38 bits per heavy atom. The molecule has 0 radical (unpaired) electrons. The highest BCUT2D eigenvalue weighted by Crippen LogP contribution is 2.27. The fourth-order valence-corrected chi connectivity index (χ4v) is 4.02. The molecule has 0 bridgehead atoms. The highest BCUT2D eigenvalue weighted by Gasteiger charge is 2.42. The number of hydrogen-bond acceptors (Lipinski definition) is 3. The minimum atomic E-state index is -1.05. The molecule has 29 heavy (non-hydrogen) atoms. The molecule has 1 aromatic rings.